The molecule has 0 aromatic carbocycles. The Bertz CT molecular complexity index is 49.0. The third-order valence-corrected chi connectivity index (χ3v) is 0.569. The van der Waals surface area contributed by atoms with Gasteiger partial charge in [-0.15, -0.1) is 0 Å². The van der Waals surface area contributed by atoms with Crippen LogP contribution in [-0.2, 0) is 0 Å². The van der Waals surface area contributed by atoms with Crippen LogP contribution in [0.2, 0.25) is 0 Å². The molecule has 0 aliphatic carbocycles. The minimum atomic E-state index is 0.0417. The van der Waals surface area contributed by atoms with Gasteiger partial charge in [0, 0.05) is 0 Å². The molecular weight excluding hydrogens is 256 g/mol. The summed E-state index contributed by atoms with van der Waals surface area (Å²) in [5.74, 6) is 0. The molecule has 0 amide bonds. The molecule has 0 unspecified atom stereocenters. The zero-order valence-electron chi connectivity index (χ0n) is 5.74. The van der Waals surface area contributed by atoms with Gasteiger partial charge in [-0.2, -0.15) is 0 Å². The third-order valence-electron chi connectivity index (χ3n) is 0.569. The second-order valence-corrected chi connectivity index (χ2v) is 9.35. The first kappa shape index (κ1) is 13.1. The molecule has 0 saturated heterocycles. The third kappa shape index (κ3) is 26.5. The van der Waals surface area contributed by atoms with E-state index in [9.17, 15) is 0 Å². The first-order valence-electron chi connectivity index (χ1n) is 2.89. The fraction of sp³-hybridized carbons (Fsp3) is 0.500. The number of hydrogen-bond acceptors (Lipinski definition) is 0. The van der Waals surface area contributed by atoms with E-state index < -0.39 is 0 Å². The highest BCUT2D eigenvalue weighted by molar-refractivity contribution is 9.47. The maximum atomic E-state index is 3.64. The topological polar surface area (TPSA) is 0 Å². The Kier molecular flexibility index (Phi) is 23.6. The average molecular weight is 267 g/mol. The molecule has 0 aliphatic heterocycles. The lowest BCUT2D eigenvalue weighted by atomic mass is 10.4. The molecule has 9 heavy (non-hydrogen) atoms. The highest BCUT2D eigenvalue weighted by Crippen LogP contribution is 1.80. The molecule has 0 atom stereocenters. The van der Waals surface area contributed by atoms with E-state index >= 15 is 0 Å². The fourth-order valence-electron chi connectivity index (χ4n) is 0.285. The van der Waals surface area contributed by atoms with Crippen molar-refractivity contribution in [2.45, 2.75) is 19.8 Å². The van der Waals surface area contributed by atoms with Gasteiger partial charge in [-0.25, -0.2) is 0 Å². The first-order chi connectivity index (χ1) is 4.33. The number of hydrogen-bond donors (Lipinski definition) is 0. The maximum Gasteiger partial charge on any atom is 0.560 e. The second-order valence-electron chi connectivity index (χ2n) is 1.27. The van der Waals surface area contributed by atoms with Crippen LogP contribution in [0.5, 0.6) is 0 Å². The maximum absolute atomic E-state index is 3.64. The highest BCUT2D eigenvalue weighted by Gasteiger charge is 1.62. The summed E-state index contributed by atoms with van der Waals surface area (Å²) in [6.45, 7) is 5.75. The summed E-state index contributed by atoms with van der Waals surface area (Å²) in [4.78, 5) is 0. The van der Waals surface area contributed by atoms with Gasteiger partial charge in [-0.1, -0.05) is 19.1 Å². The van der Waals surface area contributed by atoms with Gasteiger partial charge in [0.25, 0.3) is 0 Å². The van der Waals surface area contributed by atoms with Crippen molar-refractivity contribution in [1.82, 2.24) is 0 Å². The smallest absolute Gasteiger partial charge is 0.280 e. The monoisotopic (exact) mass is 265 g/mol. The molecule has 0 aromatic rings. The Balaban J connectivity index is 0. The quantitative estimate of drug-likeness (QED) is 0.530. The van der Waals surface area contributed by atoms with Crippen molar-refractivity contribution in [1.29, 1.82) is 0 Å². The summed E-state index contributed by atoms with van der Waals surface area (Å²) < 4.78 is 0. The Labute approximate surface area is 79.9 Å². The van der Waals surface area contributed by atoms with Crippen molar-refractivity contribution < 1.29 is 0 Å². The van der Waals surface area contributed by atoms with Gasteiger partial charge in [0.1, 0.15) is 0 Å². The van der Waals surface area contributed by atoms with Gasteiger partial charge in [0.2, 0.25) is 0 Å². The summed E-state index contributed by atoms with van der Waals surface area (Å²) in [6, 6.07) is 0. The normalized spacial score (nSPS) is 8.00. The van der Waals surface area contributed by atoms with E-state index in [2.05, 4.69) is 51.8 Å². The van der Waals surface area contributed by atoms with Crippen molar-refractivity contribution >= 4 is 41.8 Å². The fourth-order valence-corrected chi connectivity index (χ4v) is 0.285. The van der Waals surface area contributed by atoms with Gasteiger partial charge >= 0.3 is 16.0 Å². The van der Waals surface area contributed by atoms with Crippen LogP contribution >= 0.6 is 25.8 Å². The van der Waals surface area contributed by atoms with Crippen molar-refractivity contribution in [2.75, 3.05) is 0 Å². The van der Waals surface area contributed by atoms with Crippen LogP contribution in [0.3, 0.4) is 0 Å². The predicted octanol–water partition coefficient (Wildman–Crippen LogP) is 3.49. The standard InChI is InChI=1S/C6H11.2BrH.Mg/c1-3-5-6-4-2;;;/h5-6H,1,3-4H2,2H3;2*1H;/q;;;+2/p-2/b6-5-;;;. The van der Waals surface area contributed by atoms with Crippen molar-refractivity contribution in [2.24, 2.45) is 0 Å². The first-order valence-corrected chi connectivity index (χ1v) is 10.7. The molecule has 0 aromatic heterocycles. The Morgan fingerprint density at radius 2 is 1.89 bits per heavy atom. The predicted molar refractivity (Wildman–Crippen MR) is 53.0 cm³/mol. The van der Waals surface area contributed by atoms with Gasteiger partial charge in [0.05, 0.1) is 0 Å². The molecule has 51 valence electrons. The van der Waals surface area contributed by atoms with Crippen LogP contribution in [0.1, 0.15) is 19.8 Å². The molecule has 0 rings (SSSR count). The molecule has 3 heteroatoms. The number of halogens is 2. The molecule has 0 heterocycles. The van der Waals surface area contributed by atoms with E-state index in [0.29, 0.717) is 0 Å². The molecule has 0 saturated carbocycles. The Hall–Kier alpha value is 1.47. The summed E-state index contributed by atoms with van der Waals surface area (Å²) in [7, 11) is 0. The zero-order chi connectivity index (χ0) is 7.54. The molecule has 0 bridgehead atoms. The Morgan fingerprint density at radius 1 is 1.44 bits per heavy atom. The summed E-state index contributed by atoms with van der Waals surface area (Å²) in [5, 5.41) is 0. The average Bonchev–Trinajstić information content (AvgIpc) is 1.86. The van der Waals surface area contributed by atoms with Crippen molar-refractivity contribution in [3.05, 3.63) is 19.1 Å². The summed E-state index contributed by atoms with van der Waals surface area (Å²) in [5.41, 5.74) is 0. The van der Waals surface area contributed by atoms with Crippen LogP contribution < -0.4 is 0 Å². The molecule has 0 aliphatic rings. The minimum absolute atomic E-state index is 0.0417. The van der Waals surface area contributed by atoms with Gasteiger partial charge < -0.3 is 0 Å². The van der Waals surface area contributed by atoms with Crippen molar-refractivity contribution in [3.63, 3.8) is 0 Å². The van der Waals surface area contributed by atoms with Crippen LogP contribution in [0, 0.1) is 6.92 Å². The molecule has 0 fully saturated rings. The van der Waals surface area contributed by atoms with E-state index in [1.54, 1.807) is 0 Å². The van der Waals surface area contributed by atoms with Gasteiger partial charge in [-0.3, -0.25) is 25.8 Å². The van der Waals surface area contributed by atoms with Crippen LogP contribution in [0.25, 0.3) is 0 Å². The SMILES string of the molecule is [Br][Mg][Br].[CH2]C/C=C\CC. The zero-order valence-corrected chi connectivity index (χ0v) is 10.3. The minimum Gasteiger partial charge on any atom is -0.280 e. The van der Waals surface area contributed by atoms with E-state index in [1.165, 1.54) is 0 Å². The van der Waals surface area contributed by atoms with E-state index in [-0.39, 0.29) is 16.0 Å². The van der Waals surface area contributed by atoms with Crippen molar-refractivity contribution in [3.8, 4) is 0 Å². The van der Waals surface area contributed by atoms with Crippen LogP contribution in [0.4, 0.5) is 0 Å². The molecule has 1 radical (unpaired) electrons. The second kappa shape index (κ2) is 16.2. The van der Waals surface area contributed by atoms with E-state index in [4.69, 9.17) is 0 Å². The Morgan fingerprint density at radius 3 is 2.00 bits per heavy atom. The van der Waals surface area contributed by atoms with Crippen LogP contribution in [0.15, 0.2) is 12.2 Å². The lowest BCUT2D eigenvalue weighted by molar-refractivity contribution is 1.20. The van der Waals surface area contributed by atoms with Gasteiger partial charge in [-0.05, 0) is 19.8 Å². The summed E-state index contributed by atoms with van der Waals surface area (Å²) >= 11 is 6.44. The number of rotatable bonds is 2. The van der Waals surface area contributed by atoms with E-state index in [0.717, 1.165) is 12.8 Å². The molecule has 0 nitrogen and oxygen atoms in total. The molecule has 0 N–H and O–H groups in total. The molecule has 0 spiro atoms. The van der Waals surface area contributed by atoms with Gasteiger partial charge in [0.15, 0.2) is 0 Å². The van der Waals surface area contributed by atoms with Crippen LogP contribution in [-0.4, -0.2) is 16.0 Å². The lowest BCUT2D eigenvalue weighted by Gasteiger charge is -1.72. The summed E-state index contributed by atoms with van der Waals surface area (Å²) in [6.07, 6.45) is 6.25. The largest absolute Gasteiger partial charge is 0.560 e. The lowest BCUT2D eigenvalue weighted by Crippen LogP contribution is -1.51. The molecular formula is C6H11Br2Mg. The van der Waals surface area contributed by atoms with E-state index in [1.807, 2.05) is 0 Å². The highest BCUT2D eigenvalue weighted by atomic mass is 79.9. The number of allylic oxidation sites excluding steroid dienone is 2.